The Labute approximate surface area is 149 Å². The topological polar surface area (TPSA) is 43.8 Å². The lowest BCUT2D eigenvalue weighted by atomic mass is 10.1. The van der Waals surface area contributed by atoms with Crippen molar-refractivity contribution >= 4 is 5.91 Å². The largest absolute Gasteiger partial charge is 1.00 e. The lowest BCUT2D eigenvalue weighted by molar-refractivity contribution is -0.0000164. The van der Waals surface area contributed by atoms with E-state index in [1.165, 1.54) is 5.56 Å². The van der Waals surface area contributed by atoms with Crippen LogP contribution in [0.15, 0.2) is 54.6 Å². The zero-order valence-corrected chi connectivity index (χ0v) is 14.3. The quantitative estimate of drug-likeness (QED) is 0.784. The highest BCUT2D eigenvalue weighted by Gasteiger charge is 2.22. The van der Waals surface area contributed by atoms with Gasteiger partial charge >= 0.3 is 0 Å². The molecule has 0 saturated carbocycles. The number of aliphatic hydroxyl groups is 1. The second-order valence-electron chi connectivity index (χ2n) is 5.91. The highest BCUT2D eigenvalue weighted by Crippen LogP contribution is 2.12. The molecule has 0 bridgehead atoms. The molecule has 1 amide bonds. The molecule has 1 aliphatic heterocycles. The summed E-state index contributed by atoms with van der Waals surface area (Å²) in [5.74, 6) is 0.0776. The minimum Gasteiger partial charge on any atom is -1.00 e. The van der Waals surface area contributed by atoms with E-state index in [-0.39, 0.29) is 24.9 Å². The van der Waals surface area contributed by atoms with Crippen LogP contribution in [0.5, 0.6) is 0 Å². The zero-order chi connectivity index (χ0) is 16.1. The number of halogens is 1. The average Bonchev–Trinajstić information content (AvgIpc) is 2.63. The standard InChI is InChI=1S/C19H22N2O2.ClH/c22-15-17-6-8-18(9-7-17)19(23)21-12-10-20(11-13-21)14-16-4-2-1-3-5-16;/h1-9,22H,10-15H2;1H/p-1. The Balaban J connectivity index is 0.00000208. The minimum atomic E-state index is 0. The number of hydrogen-bond acceptors (Lipinski definition) is 3. The van der Waals surface area contributed by atoms with Gasteiger partial charge in [0.1, 0.15) is 0 Å². The van der Waals surface area contributed by atoms with Gasteiger partial charge in [-0.3, -0.25) is 9.69 Å². The summed E-state index contributed by atoms with van der Waals surface area (Å²) in [7, 11) is 0. The molecule has 1 N–H and O–H groups in total. The second kappa shape index (κ2) is 8.83. The summed E-state index contributed by atoms with van der Waals surface area (Å²) < 4.78 is 0. The molecule has 0 atom stereocenters. The Morgan fingerprint density at radius 2 is 1.50 bits per heavy atom. The van der Waals surface area contributed by atoms with Crippen molar-refractivity contribution in [1.82, 2.24) is 9.80 Å². The number of aliphatic hydroxyl groups excluding tert-OH is 1. The summed E-state index contributed by atoms with van der Waals surface area (Å²) in [4.78, 5) is 16.8. The van der Waals surface area contributed by atoms with Crippen LogP contribution in [0.4, 0.5) is 0 Å². The molecule has 128 valence electrons. The van der Waals surface area contributed by atoms with Crippen LogP contribution in [0.1, 0.15) is 21.5 Å². The van der Waals surface area contributed by atoms with Crippen LogP contribution in [-0.2, 0) is 13.2 Å². The summed E-state index contributed by atoms with van der Waals surface area (Å²) in [6, 6.07) is 17.6. The summed E-state index contributed by atoms with van der Waals surface area (Å²) in [5.41, 5.74) is 2.83. The van der Waals surface area contributed by atoms with E-state index in [0.29, 0.717) is 5.56 Å². The van der Waals surface area contributed by atoms with E-state index >= 15 is 0 Å². The summed E-state index contributed by atoms with van der Waals surface area (Å²) in [5, 5.41) is 9.07. The first kappa shape index (κ1) is 18.5. The Morgan fingerprint density at radius 3 is 2.08 bits per heavy atom. The fourth-order valence-electron chi connectivity index (χ4n) is 2.89. The molecule has 1 fully saturated rings. The first-order chi connectivity index (χ1) is 11.3. The zero-order valence-electron chi connectivity index (χ0n) is 13.6. The van der Waals surface area contributed by atoms with Gasteiger partial charge in [0.2, 0.25) is 0 Å². The maximum absolute atomic E-state index is 12.5. The van der Waals surface area contributed by atoms with Crippen molar-refractivity contribution in [2.24, 2.45) is 0 Å². The van der Waals surface area contributed by atoms with Crippen LogP contribution in [-0.4, -0.2) is 47.0 Å². The first-order valence-electron chi connectivity index (χ1n) is 8.01. The van der Waals surface area contributed by atoms with Gasteiger partial charge in [0.15, 0.2) is 0 Å². The highest BCUT2D eigenvalue weighted by atomic mass is 35.5. The Morgan fingerprint density at radius 1 is 0.875 bits per heavy atom. The monoisotopic (exact) mass is 345 g/mol. The maximum Gasteiger partial charge on any atom is 0.253 e. The third-order valence-electron chi connectivity index (χ3n) is 4.29. The lowest BCUT2D eigenvalue weighted by Gasteiger charge is -2.34. The van der Waals surface area contributed by atoms with Crippen molar-refractivity contribution in [1.29, 1.82) is 0 Å². The van der Waals surface area contributed by atoms with Crippen molar-refractivity contribution in [3.63, 3.8) is 0 Å². The van der Waals surface area contributed by atoms with Crippen molar-refractivity contribution in [3.8, 4) is 0 Å². The van der Waals surface area contributed by atoms with Gasteiger partial charge in [0.25, 0.3) is 5.91 Å². The molecule has 2 aromatic carbocycles. The SMILES string of the molecule is O=C(c1ccc(CO)cc1)N1CCN(Cc2ccccc2)CC1.[Cl-]. The fraction of sp³-hybridized carbons (Fsp3) is 0.316. The molecule has 1 aliphatic rings. The molecular weight excluding hydrogens is 324 g/mol. The minimum absolute atomic E-state index is 0. The van der Waals surface area contributed by atoms with E-state index in [9.17, 15) is 4.79 Å². The number of benzene rings is 2. The average molecular weight is 346 g/mol. The predicted molar refractivity (Wildman–Crippen MR) is 90.0 cm³/mol. The van der Waals surface area contributed by atoms with Crippen molar-refractivity contribution in [2.45, 2.75) is 13.2 Å². The van der Waals surface area contributed by atoms with Crippen molar-refractivity contribution < 1.29 is 22.3 Å². The number of rotatable bonds is 4. The third-order valence-corrected chi connectivity index (χ3v) is 4.29. The Kier molecular flexibility index (Phi) is 6.79. The summed E-state index contributed by atoms with van der Waals surface area (Å²) in [6.45, 7) is 4.26. The van der Waals surface area contributed by atoms with Gasteiger partial charge in [0.05, 0.1) is 6.61 Å². The summed E-state index contributed by atoms with van der Waals surface area (Å²) in [6.07, 6.45) is 0. The van der Waals surface area contributed by atoms with E-state index in [1.54, 1.807) is 24.3 Å². The van der Waals surface area contributed by atoms with Crippen LogP contribution >= 0.6 is 0 Å². The number of hydrogen-bond donors (Lipinski definition) is 1. The molecule has 1 saturated heterocycles. The van der Waals surface area contributed by atoms with Crippen LogP contribution in [0, 0.1) is 0 Å². The van der Waals surface area contributed by atoms with Gasteiger partial charge in [-0.2, -0.15) is 0 Å². The smallest absolute Gasteiger partial charge is 0.253 e. The van der Waals surface area contributed by atoms with Gasteiger partial charge < -0.3 is 22.4 Å². The molecule has 24 heavy (non-hydrogen) atoms. The first-order valence-corrected chi connectivity index (χ1v) is 8.01. The molecule has 1 heterocycles. The number of nitrogens with zero attached hydrogens (tertiary/aromatic N) is 2. The van der Waals surface area contributed by atoms with Gasteiger partial charge in [-0.25, -0.2) is 0 Å². The number of carbonyl (C=O) groups excluding carboxylic acids is 1. The molecule has 0 radical (unpaired) electrons. The number of amides is 1. The fourth-order valence-corrected chi connectivity index (χ4v) is 2.89. The van der Waals surface area contributed by atoms with Gasteiger partial charge in [-0.05, 0) is 23.3 Å². The molecule has 0 unspecified atom stereocenters. The van der Waals surface area contributed by atoms with Crippen LogP contribution in [0.2, 0.25) is 0 Å². The van der Waals surface area contributed by atoms with Gasteiger partial charge in [-0.1, -0.05) is 42.5 Å². The van der Waals surface area contributed by atoms with E-state index in [0.717, 1.165) is 38.3 Å². The second-order valence-corrected chi connectivity index (χ2v) is 5.91. The molecule has 0 aliphatic carbocycles. The molecule has 0 aromatic heterocycles. The van der Waals surface area contributed by atoms with Crippen molar-refractivity contribution in [3.05, 3.63) is 71.3 Å². The van der Waals surface area contributed by atoms with Crippen LogP contribution in [0.3, 0.4) is 0 Å². The highest BCUT2D eigenvalue weighted by molar-refractivity contribution is 5.94. The normalized spacial score (nSPS) is 15.0. The van der Waals surface area contributed by atoms with Crippen molar-refractivity contribution in [2.75, 3.05) is 26.2 Å². The number of piperazine rings is 1. The van der Waals surface area contributed by atoms with E-state index in [2.05, 4.69) is 29.2 Å². The van der Waals surface area contributed by atoms with E-state index in [1.807, 2.05) is 11.0 Å². The summed E-state index contributed by atoms with van der Waals surface area (Å²) >= 11 is 0. The number of carbonyl (C=O) groups is 1. The lowest BCUT2D eigenvalue weighted by Crippen LogP contribution is -3.00. The van der Waals surface area contributed by atoms with Crippen LogP contribution in [0.25, 0.3) is 0 Å². The maximum atomic E-state index is 12.5. The predicted octanol–water partition coefficient (Wildman–Crippen LogP) is -0.859. The molecule has 4 nitrogen and oxygen atoms in total. The molecular formula is C19H22ClN2O2-. The van der Waals surface area contributed by atoms with E-state index in [4.69, 9.17) is 5.11 Å². The third kappa shape index (κ3) is 4.57. The molecule has 5 heteroatoms. The van der Waals surface area contributed by atoms with Crippen LogP contribution < -0.4 is 12.4 Å². The molecule has 0 spiro atoms. The Bertz CT molecular complexity index is 638. The van der Waals surface area contributed by atoms with E-state index < -0.39 is 0 Å². The van der Waals surface area contributed by atoms with Gasteiger partial charge in [-0.15, -0.1) is 0 Å². The molecule has 2 aromatic rings. The Hall–Kier alpha value is -1.88. The van der Waals surface area contributed by atoms with Gasteiger partial charge in [0, 0.05) is 38.3 Å². The molecule has 3 rings (SSSR count).